The van der Waals surface area contributed by atoms with Crippen LogP contribution in [0.25, 0.3) is 0 Å². The lowest BCUT2D eigenvalue weighted by Crippen LogP contribution is -2.59. The molecule has 5 nitrogen and oxygen atoms in total. The lowest BCUT2D eigenvalue weighted by atomic mass is 9.92. The first-order valence-corrected chi connectivity index (χ1v) is 12.3. The summed E-state index contributed by atoms with van der Waals surface area (Å²) in [6, 6.07) is 2.73. The Morgan fingerprint density at radius 1 is 0.929 bits per heavy atom. The van der Waals surface area contributed by atoms with Crippen LogP contribution in [0.15, 0.2) is 6.07 Å². The number of carbonyl (C=O) groups is 1. The van der Waals surface area contributed by atoms with Crippen molar-refractivity contribution in [3.8, 4) is 0 Å². The van der Waals surface area contributed by atoms with E-state index in [0.717, 1.165) is 44.5 Å². The SMILES string of the molecule is O=C(Nc1c2c(cc3c1CCC3)CCC2)NS(=O)C1CN(C2CCCCC2)C1. The van der Waals surface area contributed by atoms with Gasteiger partial charge >= 0.3 is 6.03 Å². The summed E-state index contributed by atoms with van der Waals surface area (Å²) < 4.78 is 15.4. The maximum atomic E-state index is 12.6. The zero-order valence-electron chi connectivity index (χ0n) is 16.6. The first kappa shape index (κ1) is 18.6. The van der Waals surface area contributed by atoms with Gasteiger partial charge in [-0.25, -0.2) is 9.00 Å². The van der Waals surface area contributed by atoms with E-state index in [1.807, 2.05) is 0 Å². The lowest BCUT2D eigenvalue weighted by molar-refractivity contribution is 0.0958. The Labute approximate surface area is 170 Å². The molecule has 0 spiro atoms. The number of hydrogen-bond acceptors (Lipinski definition) is 3. The number of benzene rings is 1. The predicted molar refractivity (Wildman–Crippen MR) is 113 cm³/mol. The Morgan fingerprint density at radius 3 is 2.21 bits per heavy atom. The maximum Gasteiger partial charge on any atom is 0.331 e. The van der Waals surface area contributed by atoms with E-state index < -0.39 is 11.0 Å². The first-order valence-electron chi connectivity index (χ1n) is 11.1. The number of aryl methyl sites for hydroxylation is 2. The third-order valence-electron chi connectivity index (χ3n) is 7.17. The fraction of sp³-hybridized carbons (Fsp3) is 0.682. The number of urea groups is 1. The molecule has 5 rings (SSSR count). The molecule has 1 aromatic carbocycles. The molecular formula is C22H31N3O2S. The van der Waals surface area contributed by atoms with Crippen molar-refractivity contribution in [3.05, 3.63) is 28.3 Å². The number of carbonyl (C=O) groups excluding carboxylic acids is 1. The van der Waals surface area contributed by atoms with E-state index in [1.54, 1.807) is 0 Å². The quantitative estimate of drug-likeness (QED) is 0.812. The normalized spacial score (nSPS) is 23.7. The fourth-order valence-corrected chi connectivity index (χ4v) is 6.68. The van der Waals surface area contributed by atoms with E-state index in [2.05, 4.69) is 21.0 Å². The summed E-state index contributed by atoms with van der Waals surface area (Å²) >= 11 is 0. The van der Waals surface area contributed by atoms with Gasteiger partial charge in [0.25, 0.3) is 0 Å². The van der Waals surface area contributed by atoms with Crippen molar-refractivity contribution < 1.29 is 9.00 Å². The van der Waals surface area contributed by atoms with E-state index >= 15 is 0 Å². The van der Waals surface area contributed by atoms with Crippen LogP contribution in [0.4, 0.5) is 10.5 Å². The second-order valence-corrected chi connectivity index (χ2v) is 10.4. The topological polar surface area (TPSA) is 61.4 Å². The van der Waals surface area contributed by atoms with Gasteiger partial charge in [0.15, 0.2) is 0 Å². The molecule has 2 fully saturated rings. The van der Waals surface area contributed by atoms with Gasteiger partial charge in [0.2, 0.25) is 0 Å². The van der Waals surface area contributed by atoms with Crippen molar-refractivity contribution in [3.63, 3.8) is 0 Å². The van der Waals surface area contributed by atoms with E-state index in [9.17, 15) is 9.00 Å². The summed E-state index contributed by atoms with van der Waals surface area (Å²) in [5.41, 5.74) is 6.45. The lowest BCUT2D eigenvalue weighted by Gasteiger charge is -2.44. The third-order valence-corrected chi connectivity index (χ3v) is 8.47. The molecule has 1 heterocycles. The van der Waals surface area contributed by atoms with Crippen molar-refractivity contribution in [1.29, 1.82) is 0 Å². The molecule has 1 aliphatic heterocycles. The molecule has 1 atom stereocenters. The van der Waals surface area contributed by atoms with Crippen LogP contribution in [0.5, 0.6) is 0 Å². The molecule has 0 aromatic heterocycles. The summed E-state index contributed by atoms with van der Waals surface area (Å²) in [7, 11) is -1.31. The van der Waals surface area contributed by atoms with E-state index in [1.165, 1.54) is 67.2 Å². The molecule has 6 heteroatoms. The first-order chi connectivity index (χ1) is 13.7. The zero-order chi connectivity index (χ0) is 19.1. The molecule has 1 unspecified atom stereocenters. The summed E-state index contributed by atoms with van der Waals surface area (Å²) in [6.45, 7) is 1.71. The highest BCUT2D eigenvalue weighted by Crippen LogP contribution is 2.38. The molecule has 0 bridgehead atoms. The van der Waals surface area contributed by atoms with Crippen molar-refractivity contribution in [2.24, 2.45) is 0 Å². The van der Waals surface area contributed by atoms with Crippen LogP contribution in [0.1, 0.15) is 67.2 Å². The fourth-order valence-electron chi connectivity index (χ4n) is 5.63. The Hall–Kier alpha value is -1.40. The number of nitrogens with zero attached hydrogens (tertiary/aromatic N) is 1. The molecule has 152 valence electrons. The van der Waals surface area contributed by atoms with Gasteiger partial charge in [0.1, 0.15) is 11.0 Å². The van der Waals surface area contributed by atoms with Gasteiger partial charge in [-0.3, -0.25) is 9.62 Å². The van der Waals surface area contributed by atoms with Crippen molar-refractivity contribution in [1.82, 2.24) is 9.62 Å². The van der Waals surface area contributed by atoms with Gasteiger partial charge in [0.05, 0.1) is 5.25 Å². The Morgan fingerprint density at radius 2 is 1.57 bits per heavy atom. The molecule has 28 heavy (non-hydrogen) atoms. The molecule has 2 N–H and O–H groups in total. The number of hydrogen-bond donors (Lipinski definition) is 2. The molecule has 3 aliphatic carbocycles. The van der Waals surface area contributed by atoms with Crippen LogP contribution >= 0.6 is 0 Å². The van der Waals surface area contributed by atoms with Crippen LogP contribution in [0, 0.1) is 0 Å². The van der Waals surface area contributed by atoms with Gasteiger partial charge in [-0.2, -0.15) is 0 Å². The maximum absolute atomic E-state index is 12.6. The minimum atomic E-state index is -1.31. The van der Waals surface area contributed by atoms with Crippen LogP contribution in [0.3, 0.4) is 0 Å². The minimum Gasteiger partial charge on any atom is -0.307 e. The van der Waals surface area contributed by atoms with Crippen LogP contribution in [-0.4, -0.2) is 39.5 Å². The molecule has 4 aliphatic rings. The zero-order valence-corrected chi connectivity index (χ0v) is 17.4. The highest BCUT2D eigenvalue weighted by atomic mass is 32.2. The summed E-state index contributed by atoms with van der Waals surface area (Å²) in [6.07, 6.45) is 13.2. The van der Waals surface area contributed by atoms with Crippen molar-refractivity contribution >= 4 is 22.7 Å². The number of anilines is 1. The second-order valence-electron chi connectivity index (χ2n) is 8.96. The van der Waals surface area contributed by atoms with Crippen molar-refractivity contribution in [2.75, 3.05) is 18.4 Å². The molecule has 1 aromatic rings. The minimum absolute atomic E-state index is 0.0693. The summed E-state index contributed by atoms with van der Waals surface area (Å²) in [5.74, 6) is 0. The van der Waals surface area contributed by atoms with Crippen LogP contribution in [-0.2, 0) is 36.7 Å². The average Bonchev–Trinajstić information content (AvgIpc) is 3.30. The molecule has 1 saturated heterocycles. The molecule has 1 saturated carbocycles. The molecular weight excluding hydrogens is 370 g/mol. The number of rotatable bonds is 4. The average molecular weight is 402 g/mol. The van der Waals surface area contributed by atoms with Gasteiger partial charge in [-0.15, -0.1) is 0 Å². The van der Waals surface area contributed by atoms with Gasteiger partial charge in [-0.05, 0) is 73.6 Å². The second kappa shape index (κ2) is 7.79. The summed E-state index contributed by atoms with van der Waals surface area (Å²) in [4.78, 5) is 15.1. The Kier molecular flexibility index (Phi) is 5.18. The van der Waals surface area contributed by atoms with Crippen LogP contribution < -0.4 is 10.0 Å². The largest absolute Gasteiger partial charge is 0.331 e. The van der Waals surface area contributed by atoms with E-state index in [0.29, 0.717) is 6.04 Å². The van der Waals surface area contributed by atoms with E-state index in [-0.39, 0.29) is 11.3 Å². The van der Waals surface area contributed by atoms with Gasteiger partial charge in [-0.1, -0.05) is 25.3 Å². The smallest absolute Gasteiger partial charge is 0.307 e. The number of amides is 2. The predicted octanol–water partition coefficient (Wildman–Crippen LogP) is 3.47. The number of nitrogens with one attached hydrogen (secondary N) is 2. The van der Waals surface area contributed by atoms with E-state index in [4.69, 9.17) is 0 Å². The Balaban J connectivity index is 1.19. The highest BCUT2D eigenvalue weighted by molar-refractivity contribution is 7.84. The Bertz CT molecular complexity index is 765. The molecule has 2 amide bonds. The highest BCUT2D eigenvalue weighted by Gasteiger charge is 2.37. The van der Waals surface area contributed by atoms with Crippen LogP contribution in [0.2, 0.25) is 0 Å². The van der Waals surface area contributed by atoms with Gasteiger partial charge < -0.3 is 5.32 Å². The monoisotopic (exact) mass is 401 g/mol. The van der Waals surface area contributed by atoms with Crippen molar-refractivity contribution in [2.45, 2.75) is 81.9 Å². The summed E-state index contributed by atoms with van der Waals surface area (Å²) in [5, 5.41) is 3.16. The number of likely N-dealkylation sites (tertiary alicyclic amines) is 1. The third kappa shape index (κ3) is 3.50. The number of fused-ring (bicyclic) bond motifs is 2. The standard InChI is InChI=1S/C22H31N3O2S/c26-22(24-28(27)18-13-25(14-18)17-8-2-1-3-9-17)23-21-19-10-4-6-15(19)12-16-7-5-11-20(16)21/h12,17-18H,1-11,13-14H2,(H2,23,24,26). The molecule has 0 radical (unpaired) electrons. The van der Waals surface area contributed by atoms with Gasteiger partial charge in [0, 0.05) is 24.8 Å².